The maximum absolute atomic E-state index is 13.4. The van der Waals surface area contributed by atoms with Gasteiger partial charge in [0.2, 0.25) is 0 Å². The Labute approximate surface area is 138 Å². The van der Waals surface area contributed by atoms with Crippen LogP contribution in [0.2, 0.25) is 0 Å². The summed E-state index contributed by atoms with van der Waals surface area (Å²) in [6.45, 7) is -0.594. The van der Waals surface area contributed by atoms with Gasteiger partial charge in [-0.1, -0.05) is 17.0 Å². The zero-order valence-corrected chi connectivity index (χ0v) is 12.4. The summed E-state index contributed by atoms with van der Waals surface area (Å²) < 4.78 is 51.7. The molecule has 3 aromatic rings. The molecule has 0 aliphatic rings. The van der Waals surface area contributed by atoms with E-state index in [9.17, 15) is 22.4 Å². The van der Waals surface area contributed by atoms with Gasteiger partial charge in [0, 0.05) is 0 Å². The van der Waals surface area contributed by atoms with Gasteiger partial charge in [-0.3, -0.25) is 4.79 Å². The number of nitrogens with one attached hydrogen (secondary N) is 1. The number of alkyl halides is 3. The first kappa shape index (κ1) is 16.7. The lowest BCUT2D eigenvalue weighted by molar-refractivity contribution is -0.137. The molecule has 0 unspecified atom stereocenters. The standard InChI is InChI=1S/C15H10F4N4O2/c16-10-3-1-2-4-11(10)20-14(24)8-25-23-13-7-9(15(17,18)19)5-6-12(13)21-22-23/h1-7H,8H2,(H,20,24). The van der Waals surface area contributed by atoms with Crippen LogP contribution >= 0.6 is 0 Å². The number of fused-ring (bicyclic) bond motifs is 1. The van der Waals surface area contributed by atoms with Gasteiger partial charge < -0.3 is 10.2 Å². The summed E-state index contributed by atoms with van der Waals surface area (Å²) in [6.07, 6.45) is -4.54. The molecule has 1 aromatic heterocycles. The highest BCUT2D eigenvalue weighted by molar-refractivity contribution is 5.91. The number of carbonyl (C=O) groups excluding carboxylic acids is 1. The van der Waals surface area contributed by atoms with Crippen LogP contribution in [0, 0.1) is 5.82 Å². The lowest BCUT2D eigenvalue weighted by Gasteiger charge is -2.09. The third-order valence-corrected chi connectivity index (χ3v) is 3.21. The molecule has 0 radical (unpaired) electrons. The van der Waals surface area contributed by atoms with Gasteiger partial charge >= 0.3 is 6.18 Å². The fraction of sp³-hybridized carbons (Fsp3) is 0.133. The van der Waals surface area contributed by atoms with Gasteiger partial charge in [0.05, 0.1) is 11.3 Å². The molecule has 0 spiro atoms. The molecule has 6 nitrogen and oxygen atoms in total. The maximum atomic E-state index is 13.4. The molecule has 1 heterocycles. The van der Waals surface area contributed by atoms with Crippen LogP contribution in [0.5, 0.6) is 0 Å². The molecule has 0 saturated carbocycles. The Balaban J connectivity index is 1.73. The van der Waals surface area contributed by atoms with E-state index >= 15 is 0 Å². The van der Waals surface area contributed by atoms with Crippen LogP contribution in [0.25, 0.3) is 11.0 Å². The number of anilines is 1. The lowest BCUT2D eigenvalue weighted by atomic mass is 10.2. The fourth-order valence-electron chi connectivity index (χ4n) is 2.04. The van der Waals surface area contributed by atoms with Crippen molar-refractivity contribution in [1.29, 1.82) is 0 Å². The molecule has 1 amide bonds. The Morgan fingerprint density at radius 3 is 2.68 bits per heavy atom. The van der Waals surface area contributed by atoms with Crippen molar-refractivity contribution in [2.24, 2.45) is 0 Å². The van der Waals surface area contributed by atoms with E-state index in [0.29, 0.717) is 4.85 Å². The number of aromatic nitrogens is 3. The number of para-hydroxylation sites is 1. The van der Waals surface area contributed by atoms with Crippen molar-refractivity contribution in [3.05, 3.63) is 53.8 Å². The molecular weight excluding hydrogens is 344 g/mol. The number of benzene rings is 2. The second kappa shape index (κ2) is 6.38. The quantitative estimate of drug-likeness (QED) is 0.732. The summed E-state index contributed by atoms with van der Waals surface area (Å²) in [5.74, 6) is -1.34. The first-order valence-electron chi connectivity index (χ1n) is 6.95. The van der Waals surface area contributed by atoms with Crippen LogP contribution in [-0.4, -0.2) is 27.7 Å². The summed E-state index contributed by atoms with van der Waals surface area (Å²) in [5, 5.41) is 9.46. The van der Waals surface area contributed by atoms with Gasteiger partial charge in [-0.2, -0.15) is 13.2 Å². The topological polar surface area (TPSA) is 69.0 Å². The minimum atomic E-state index is -4.54. The summed E-state index contributed by atoms with van der Waals surface area (Å²) in [4.78, 5) is 17.5. The number of amides is 1. The molecular formula is C15H10F4N4O2. The molecule has 3 rings (SSSR count). The Hall–Kier alpha value is -3.17. The monoisotopic (exact) mass is 354 g/mol. The second-order valence-electron chi connectivity index (χ2n) is 4.97. The van der Waals surface area contributed by atoms with Crippen molar-refractivity contribution in [2.45, 2.75) is 6.18 Å². The van der Waals surface area contributed by atoms with Crippen molar-refractivity contribution >= 4 is 22.6 Å². The smallest absolute Gasteiger partial charge is 0.385 e. The highest BCUT2D eigenvalue weighted by Gasteiger charge is 2.31. The largest absolute Gasteiger partial charge is 0.416 e. The highest BCUT2D eigenvalue weighted by atomic mass is 19.4. The zero-order chi connectivity index (χ0) is 18.0. The Morgan fingerprint density at radius 2 is 1.96 bits per heavy atom. The summed E-state index contributed by atoms with van der Waals surface area (Å²) in [7, 11) is 0. The average Bonchev–Trinajstić information content (AvgIpc) is 2.96. The van der Waals surface area contributed by atoms with Crippen molar-refractivity contribution in [1.82, 2.24) is 15.2 Å². The van der Waals surface area contributed by atoms with Crippen molar-refractivity contribution in [3.63, 3.8) is 0 Å². The molecule has 0 atom stereocenters. The van der Waals surface area contributed by atoms with Crippen LogP contribution in [0.3, 0.4) is 0 Å². The van der Waals surface area contributed by atoms with Gasteiger partial charge in [-0.25, -0.2) is 4.39 Å². The first-order valence-corrected chi connectivity index (χ1v) is 6.95. The van der Waals surface area contributed by atoms with E-state index in [0.717, 1.165) is 18.2 Å². The van der Waals surface area contributed by atoms with Gasteiger partial charge in [0.25, 0.3) is 5.91 Å². The summed E-state index contributed by atoms with van der Waals surface area (Å²) in [6, 6.07) is 8.33. The van der Waals surface area contributed by atoms with Crippen LogP contribution in [0.4, 0.5) is 23.2 Å². The number of hydrogen-bond donors (Lipinski definition) is 1. The Bertz CT molecular complexity index is 923. The van der Waals surface area contributed by atoms with Crippen LogP contribution in [0.1, 0.15) is 5.56 Å². The van der Waals surface area contributed by atoms with E-state index < -0.39 is 30.1 Å². The number of rotatable bonds is 4. The van der Waals surface area contributed by atoms with E-state index in [1.165, 1.54) is 24.3 Å². The minimum Gasteiger partial charge on any atom is -0.385 e. The fourth-order valence-corrected chi connectivity index (χ4v) is 2.04. The van der Waals surface area contributed by atoms with Gasteiger partial charge in [0.15, 0.2) is 6.61 Å². The third-order valence-electron chi connectivity index (χ3n) is 3.21. The van der Waals surface area contributed by atoms with E-state index in [4.69, 9.17) is 4.84 Å². The van der Waals surface area contributed by atoms with Gasteiger partial charge in [-0.05, 0) is 35.5 Å². The molecule has 2 aromatic carbocycles. The number of nitrogens with zero attached hydrogens (tertiary/aromatic N) is 3. The molecule has 0 aliphatic heterocycles. The molecule has 130 valence electrons. The molecule has 0 saturated heterocycles. The third kappa shape index (κ3) is 3.67. The van der Waals surface area contributed by atoms with E-state index in [1.807, 2.05) is 0 Å². The van der Waals surface area contributed by atoms with Gasteiger partial charge in [0.1, 0.15) is 16.9 Å². The van der Waals surface area contributed by atoms with Crippen molar-refractivity contribution in [3.8, 4) is 0 Å². The molecule has 0 aliphatic carbocycles. The minimum absolute atomic E-state index is 0.0427. The van der Waals surface area contributed by atoms with Gasteiger partial charge in [-0.15, -0.1) is 5.10 Å². The Morgan fingerprint density at radius 1 is 1.20 bits per heavy atom. The Kier molecular flexibility index (Phi) is 4.26. The molecule has 0 fully saturated rings. The first-order chi connectivity index (χ1) is 11.8. The van der Waals surface area contributed by atoms with E-state index in [-0.39, 0.29) is 16.7 Å². The SMILES string of the molecule is O=C(COn1nnc2ccc(C(F)(F)F)cc21)Nc1ccccc1F. The predicted octanol–water partition coefficient (Wildman–Crippen LogP) is 2.66. The second-order valence-corrected chi connectivity index (χ2v) is 4.97. The average molecular weight is 354 g/mol. The molecule has 0 bridgehead atoms. The van der Waals surface area contributed by atoms with E-state index in [2.05, 4.69) is 15.6 Å². The van der Waals surface area contributed by atoms with Crippen molar-refractivity contribution < 1.29 is 27.2 Å². The molecule has 25 heavy (non-hydrogen) atoms. The van der Waals surface area contributed by atoms with Crippen molar-refractivity contribution in [2.75, 3.05) is 11.9 Å². The molecule has 10 heteroatoms. The van der Waals surface area contributed by atoms with E-state index in [1.54, 1.807) is 0 Å². The number of hydrogen-bond acceptors (Lipinski definition) is 4. The zero-order valence-electron chi connectivity index (χ0n) is 12.4. The summed E-state index contributed by atoms with van der Waals surface area (Å²) >= 11 is 0. The van der Waals surface area contributed by atoms with Crippen LogP contribution < -0.4 is 10.2 Å². The predicted molar refractivity (Wildman–Crippen MR) is 79.0 cm³/mol. The lowest BCUT2D eigenvalue weighted by Crippen LogP contribution is -2.26. The summed E-state index contributed by atoms with van der Waals surface area (Å²) in [5.41, 5.74) is -0.821. The molecule has 1 N–H and O–H groups in total. The normalized spacial score (nSPS) is 11.5. The maximum Gasteiger partial charge on any atom is 0.416 e. The number of halogens is 4. The van der Waals surface area contributed by atoms with Crippen LogP contribution in [0.15, 0.2) is 42.5 Å². The highest BCUT2D eigenvalue weighted by Crippen LogP contribution is 2.30. The number of carbonyl (C=O) groups is 1. The van der Waals surface area contributed by atoms with Crippen LogP contribution in [-0.2, 0) is 11.0 Å².